The molecular formula is C18H22N4O. The average Bonchev–Trinajstić information content (AvgIpc) is 3.11. The summed E-state index contributed by atoms with van der Waals surface area (Å²) >= 11 is 0. The Morgan fingerprint density at radius 3 is 2.78 bits per heavy atom. The van der Waals surface area contributed by atoms with Crippen molar-refractivity contribution in [1.82, 2.24) is 9.97 Å². The van der Waals surface area contributed by atoms with E-state index in [2.05, 4.69) is 27.1 Å². The highest BCUT2D eigenvalue weighted by Gasteiger charge is 2.17. The number of carbonyl (C=O) groups is 1. The van der Waals surface area contributed by atoms with Gasteiger partial charge in [-0.1, -0.05) is 25.1 Å². The van der Waals surface area contributed by atoms with Crippen molar-refractivity contribution in [2.24, 2.45) is 0 Å². The molecule has 2 heterocycles. The SMILES string of the molecule is CCc1cccc(C)c1NC(=O)c1cc(N2CCCC2)ncn1. The van der Waals surface area contributed by atoms with Crippen LogP contribution in [0.4, 0.5) is 11.5 Å². The number of benzene rings is 1. The molecule has 1 saturated heterocycles. The van der Waals surface area contributed by atoms with E-state index in [0.29, 0.717) is 5.69 Å². The van der Waals surface area contributed by atoms with Crippen molar-refractivity contribution in [3.63, 3.8) is 0 Å². The predicted molar refractivity (Wildman–Crippen MR) is 92.0 cm³/mol. The van der Waals surface area contributed by atoms with Crippen LogP contribution in [-0.4, -0.2) is 29.0 Å². The summed E-state index contributed by atoms with van der Waals surface area (Å²) in [4.78, 5) is 23.2. The zero-order chi connectivity index (χ0) is 16.2. The minimum atomic E-state index is -0.183. The van der Waals surface area contributed by atoms with Crippen molar-refractivity contribution in [1.29, 1.82) is 0 Å². The Morgan fingerprint density at radius 1 is 1.26 bits per heavy atom. The van der Waals surface area contributed by atoms with Gasteiger partial charge in [0.25, 0.3) is 5.91 Å². The number of nitrogens with zero attached hydrogens (tertiary/aromatic N) is 3. The largest absolute Gasteiger partial charge is 0.357 e. The lowest BCUT2D eigenvalue weighted by Crippen LogP contribution is -2.21. The average molecular weight is 310 g/mol. The Balaban J connectivity index is 1.82. The summed E-state index contributed by atoms with van der Waals surface area (Å²) in [6.45, 7) is 6.08. The molecule has 3 rings (SSSR count). The van der Waals surface area contributed by atoms with Crippen LogP contribution in [0.5, 0.6) is 0 Å². The zero-order valence-corrected chi connectivity index (χ0v) is 13.7. The molecule has 1 aliphatic heterocycles. The van der Waals surface area contributed by atoms with Gasteiger partial charge in [-0.25, -0.2) is 9.97 Å². The summed E-state index contributed by atoms with van der Waals surface area (Å²) in [5.41, 5.74) is 3.49. The van der Waals surface area contributed by atoms with Crippen molar-refractivity contribution in [2.45, 2.75) is 33.1 Å². The molecule has 1 aromatic heterocycles. The highest BCUT2D eigenvalue weighted by atomic mass is 16.1. The van der Waals surface area contributed by atoms with Gasteiger partial charge in [0, 0.05) is 24.8 Å². The van der Waals surface area contributed by atoms with Gasteiger partial charge in [0.05, 0.1) is 0 Å². The fourth-order valence-electron chi connectivity index (χ4n) is 2.97. The molecule has 23 heavy (non-hydrogen) atoms. The lowest BCUT2D eigenvalue weighted by Gasteiger charge is -2.17. The maximum absolute atomic E-state index is 12.6. The topological polar surface area (TPSA) is 58.1 Å². The molecule has 0 aliphatic carbocycles. The van der Waals surface area contributed by atoms with E-state index in [0.717, 1.165) is 42.1 Å². The fourth-order valence-corrected chi connectivity index (χ4v) is 2.97. The van der Waals surface area contributed by atoms with Gasteiger partial charge >= 0.3 is 0 Å². The molecule has 120 valence electrons. The van der Waals surface area contributed by atoms with Gasteiger partial charge in [0.1, 0.15) is 17.8 Å². The first-order valence-electron chi connectivity index (χ1n) is 8.16. The van der Waals surface area contributed by atoms with Crippen LogP contribution in [0.25, 0.3) is 0 Å². The van der Waals surface area contributed by atoms with E-state index in [1.54, 1.807) is 6.07 Å². The van der Waals surface area contributed by atoms with Gasteiger partial charge in [-0.05, 0) is 37.3 Å². The molecule has 0 bridgehead atoms. The zero-order valence-electron chi connectivity index (χ0n) is 13.7. The van der Waals surface area contributed by atoms with Gasteiger partial charge in [0.2, 0.25) is 0 Å². The number of nitrogens with one attached hydrogen (secondary N) is 1. The highest BCUT2D eigenvalue weighted by Crippen LogP contribution is 2.22. The number of hydrogen-bond acceptors (Lipinski definition) is 4. The van der Waals surface area contributed by atoms with Gasteiger partial charge in [-0.3, -0.25) is 4.79 Å². The Bertz CT molecular complexity index is 708. The third kappa shape index (κ3) is 3.33. The summed E-state index contributed by atoms with van der Waals surface area (Å²) in [5.74, 6) is 0.653. The van der Waals surface area contributed by atoms with Crippen LogP contribution in [0.3, 0.4) is 0 Å². The van der Waals surface area contributed by atoms with Crippen molar-refractivity contribution >= 4 is 17.4 Å². The second-order valence-corrected chi connectivity index (χ2v) is 5.87. The van der Waals surface area contributed by atoms with Crippen molar-refractivity contribution < 1.29 is 4.79 Å². The molecule has 5 nitrogen and oxygen atoms in total. The number of aryl methyl sites for hydroxylation is 2. The van der Waals surface area contributed by atoms with Crippen LogP contribution < -0.4 is 10.2 Å². The van der Waals surface area contributed by atoms with E-state index < -0.39 is 0 Å². The van der Waals surface area contributed by atoms with Crippen LogP contribution in [0.2, 0.25) is 0 Å². The van der Waals surface area contributed by atoms with Crippen LogP contribution in [-0.2, 0) is 6.42 Å². The van der Waals surface area contributed by atoms with Crippen molar-refractivity contribution in [2.75, 3.05) is 23.3 Å². The lowest BCUT2D eigenvalue weighted by atomic mass is 10.1. The first-order chi connectivity index (χ1) is 11.2. The summed E-state index contributed by atoms with van der Waals surface area (Å²) in [6.07, 6.45) is 4.70. The normalized spacial score (nSPS) is 14.1. The van der Waals surface area contributed by atoms with Crippen LogP contribution in [0.1, 0.15) is 41.4 Å². The lowest BCUT2D eigenvalue weighted by molar-refractivity contribution is 0.102. The molecule has 1 N–H and O–H groups in total. The number of rotatable bonds is 4. The Kier molecular flexibility index (Phi) is 4.55. The third-order valence-corrected chi connectivity index (χ3v) is 4.29. The highest BCUT2D eigenvalue weighted by molar-refractivity contribution is 6.04. The molecule has 1 amide bonds. The smallest absolute Gasteiger partial charge is 0.274 e. The monoisotopic (exact) mass is 310 g/mol. The first kappa shape index (κ1) is 15.5. The minimum Gasteiger partial charge on any atom is -0.357 e. The maximum atomic E-state index is 12.6. The molecule has 1 aliphatic rings. The molecule has 0 unspecified atom stereocenters. The van der Waals surface area contributed by atoms with E-state index in [9.17, 15) is 4.79 Å². The number of anilines is 2. The number of aromatic nitrogens is 2. The van der Waals surface area contributed by atoms with Crippen LogP contribution in [0, 0.1) is 6.92 Å². The second kappa shape index (κ2) is 6.77. The third-order valence-electron chi connectivity index (χ3n) is 4.29. The molecule has 5 heteroatoms. The molecular weight excluding hydrogens is 288 g/mol. The van der Waals surface area contributed by atoms with Crippen molar-refractivity contribution in [3.8, 4) is 0 Å². The molecule has 0 atom stereocenters. The summed E-state index contributed by atoms with van der Waals surface area (Å²) in [6, 6.07) is 7.84. The molecule has 0 spiro atoms. The predicted octanol–water partition coefficient (Wildman–Crippen LogP) is 3.20. The summed E-state index contributed by atoms with van der Waals surface area (Å²) in [5, 5.41) is 3.02. The van der Waals surface area contributed by atoms with E-state index in [4.69, 9.17) is 0 Å². The van der Waals surface area contributed by atoms with E-state index in [1.165, 1.54) is 19.2 Å². The summed E-state index contributed by atoms with van der Waals surface area (Å²) < 4.78 is 0. The van der Waals surface area contributed by atoms with E-state index in [-0.39, 0.29) is 5.91 Å². The van der Waals surface area contributed by atoms with E-state index >= 15 is 0 Å². The summed E-state index contributed by atoms with van der Waals surface area (Å²) in [7, 11) is 0. The standard InChI is InChI=1S/C18H22N4O/c1-3-14-8-6-7-13(2)17(14)21-18(23)15-11-16(20-12-19-15)22-9-4-5-10-22/h6-8,11-12H,3-5,9-10H2,1-2H3,(H,21,23). The van der Waals surface area contributed by atoms with E-state index in [1.807, 2.05) is 25.1 Å². The minimum absolute atomic E-state index is 0.183. The van der Waals surface area contributed by atoms with Gasteiger partial charge in [-0.2, -0.15) is 0 Å². The maximum Gasteiger partial charge on any atom is 0.274 e. The molecule has 2 aromatic rings. The number of para-hydroxylation sites is 1. The Labute approximate surface area is 136 Å². The van der Waals surface area contributed by atoms with Gasteiger partial charge in [-0.15, -0.1) is 0 Å². The second-order valence-electron chi connectivity index (χ2n) is 5.87. The number of hydrogen-bond donors (Lipinski definition) is 1. The van der Waals surface area contributed by atoms with Gasteiger partial charge < -0.3 is 10.2 Å². The van der Waals surface area contributed by atoms with Gasteiger partial charge in [0.15, 0.2) is 0 Å². The van der Waals surface area contributed by atoms with Crippen LogP contribution >= 0.6 is 0 Å². The molecule has 1 aromatic carbocycles. The fraction of sp³-hybridized carbons (Fsp3) is 0.389. The number of carbonyl (C=O) groups excluding carboxylic acids is 1. The van der Waals surface area contributed by atoms with Crippen LogP contribution in [0.15, 0.2) is 30.6 Å². The first-order valence-corrected chi connectivity index (χ1v) is 8.16. The Morgan fingerprint density at radius 2 is 2.04 bits per heavy atom. The number of amides is 1. The molecule has 0 radical (unpaired) electrons. The van der Waals surface area contributed by atoms with Crippen molar-refractivity contribution in [3.05, 3.63) is 47.4 Å². The quantitative estimate of drug-likeness (QED) is 0.942. The molecule has 1 fully saturated rings. The Hall–Kier alpha value is -2.43. The molecule has 0 saturated carbocycles.